The first kappa shape index (κ1) is 15.0. The quantitative estimate of drug-likeness (QED) is 0.921. The van der Waals surface area contributed by atoms with Gasteiger partial charge in [-0.05, 0) is 20.3 Å². The number of rotatable bonds is 5. The first-order chi connectivity index (χ1) is 9.45. The van der Waals surface area contributed by atoms with Crippen molar-refractivity contribution in [3.05, 3.63) is 38.2 Å². The summed E-state index contributed by atoms with van der Waals surface area (Å²) in [5.74, 6) is 0. The van der Waals surface area contributed by atoms with Crippen LogP contribution in [0.4, 0.5) is 5.69 Å². The van der Waals surface area contributed by atoms with Crippen molar-refractivity contribution < 1.29 is 0 Å². The molecule has 2 aromatic rings. The van der Waals surface area contributed by atoms with Gasteiger partial charge in [-0.1, -0.05) is 18.5 Å². The fraction of sp³-hybridized carbons (Fsp3) is 0.462. The number of hydrogen-bond donors (Lipinski definition) is 1. The summed E-state index contributed by atoms with van der Waals surface area (Å²) in [6.07, 6.45) is 4.18. The minimum Gasteiger partial charge on any atom is -0.371 e. The molecule has 0 fully saturated rings. The van der Waals surface area contributed by atoms with Crippen LogP contribution < -0.4 is 10.9 Å². The average Bonchev–Trinajstić information content (AvgIpc) is 2.93. The van der Waals surface area contributed by atoms with Crippen molar-refractivity contribution in [3.63, 3.8) is 0 Å². The molecule has 0 atom stereocenters. The molecule has 0 aliphatic rings. The number of halogens is 1. The van der Waals surface area contributed by atoms with E-state index in [0.29, 0.717) is 12.2 Å². The van der Waals surface area contributed by atoms with Crippen molar-refractivity contribution in [1.29, 1.82) is 0 Å². The van der Waals surface area contributed by atoms with Gasteiger partial charge in [0.1, 0.15) is 10.0 Å². The molecule has 0 aliphatic heterocycles. The molecule has 0 spiro atoms. The maximum Gasteiger partial charge on any atom is 0.287 e. The third-order valence-corrected chi connectivity index (χ3v) is 4.30. The summed E-state index contributed by atoms with van der Waals surface area (Å²) in [7, 11) is 0. The second-order valence-corrected chi connectivity index (χ2v) is 6.26. The van der Waals surface area contributed by atoms with Gasteiger partial charge < -0.3 is 5.32 Å². The van der Waals surface area contributed by atoms with Crippen LogP contribution in [0.25, 0.3) is 0 Å². The van der Waals surface area contributed by atoms with Crippen molar-refractivity contribution >= 4 is 28.6 Å². The molecule has 2 rings (SSSR count). The smallest absolute Gasteiger partial charge is 0.287 e. The molecule has 1 N–H and O–H groups in total. The molecule has 0 amide bonds. The van der Waals surface area contributed by atoms with Crippen molar-refractivity contribution in [2.75, 3.05) is 5.32 Å². The van der Waals surface area contributed by atoms with Gasteiger partial charge in [-0.2, -0.15) is 5.10 Å². The van der Waals surface area contributed by atoms with Crippen molar-refractivity contribution in [1.82, 2.24) is 14.8 Å². The van der Waals surface area contributed by atoms with E-state index in [4.69, 9.17) is 11.6 Å². The minimum absolute atomic E-state index is 0.165. The Bertz CT molecular complexity index is 636. The third-order valence-electron chi connectivity index (χ3n) is 2.83. The Hall–Kier alpha value is -1.40. The molecule has 0 bridgehead atoms. The minimum atomic E-state index is -0.414. The second-order valence-electron chi connectivity index (χ2n) is 4.99. The van der Waals surface area contributed by atoms with Crippen molar-refractivity contribution in [2.45, 2.75) is 39.3 Å². The lowest BCUT2D eigenvalue weighted by atomic mass is 10.1. The predicted octanol–water partition coefficient (Wildman–Crippen LogP) is 3.11. The molecule has 0 saturated carbocycles. The van der Waals surface area contributed by atoms with Gasteiger partial charge in [0.05, 0.1) is 17.4 Å². The highest BCUT2D eigenvalue weighted by molar-refractivity contribution is 7.09. The predicted molar refractivity (Wildman–Crippen MR) is 82.6 cm³/mol. The number of anilines is 1. The van der Waals surface area contributed by atoms with Crippen LogP contribution in [0.15, 0.2) is 22.6 Å². The summed E-state index contributed by atoms with van der Waals surface area (Å²) in [6, 6.07) is 0. The van der Waals surface area contributed by atoms with E-state index in [-0.39, 0.29) is 10.6 Å². The number of nitrogens with one attached hydrogen (secondary N) is 1. The Labute approximate surface area is 126 Å². The van der Waals surface area contributed by atoms with E-state index in [2.05, 4.69) is 15.4 Å². The molecule has 2 aromatic heterocycles. The topological polar surface area (TPSA) is 59.8 Å². The van der Waals surface area contributed by atoms with Gasteiger partial charge in [-0.15, -0.1) is 11.3 Å². The van der Waals surface area contributed by atoms with Crippen molar-refractivity contribution in [3.8, 4) is 0 Å². The van der Waals surface area contributed by atoms with Crippen LogP contribution in [0.2, 0.25) is 5.02 Å². The molecule has 0 unspecified atom stereocenters. The molecule has 0 aromatic carbocycles. The van der Waals surface area contributed by atoms with Gasteiger partial charge in [0.15, 0.2) is 0 Å². The Morgan fingerprint density at radius 3 is 2.85 bits per heavy atom. The molecule has 7 heteroatoms. The summed E-state index contributed by atoms with van der Waals surface area (Å²) >= 11 is 7.70. The Kier molecular flexibility index (Phi) is 4.45. The largest absolute Gasteiger partial charge is 0.371 e. The zero-order valence-corrected chi connectivity index (χ0v) is 13.3. The van der Waals surface area contributed by atoms with Crippen LogP contribution in [-0.4, -0.2) is 14.8 Å². The zero-order valence-electron chi connectivity index (χ0n) is 11.7. The highest BCUT2D eigenvalue weighted by Gasteiger charge is 2.24. The molecule has 108 valence electrons. The Morgan fingerprint density at radius 2 is 2.25 bits per heavy atom. The summed E-state index contributed by atoms with van der Waals surface area (Å²) in [4.78, 5) is 16.4. The SMILES string of the molecule is CCCn1ncc(NC(C)(C)c2nccs2)c(Cl)c1=O. The van der Waals surface area contributed by atoms with Crippen LogP contribution >= 0.6 is 22.9 Å². The maximum absolute atomic E-state index is 12.1. The summed E-state index contributed by atoms with van der Waals surface area (Å²) in [5.41, 5.74) is -0.152. The summed E-state index contributed by atoms with van der Waals surface area (Å²) in [6.45, 7) is 6.52. The van der Waals surface area contributed by atoms with E-state index in [1.165, 1.54) is 4.68 Å². The van der Waals surface area contributed by atoms with Crippen LogP contribution in [0.5, 0.6) is 0 Å². The van der Waals surface area contributed by atoms with E-state index in [9.17, 15) is 4.79 Å². The molecular weight excluding hydrogens is 296 g/mol. The lowest BCUT2D eigenvalue weighted by molar-refractivity contribution is 0.563. The number of thiazole rings is 1. The van der Waals surface area contributed by atoms with E-state index in [1.54, 1.807) is 23.7 Å². The first-order valence-electron chi connectivity index (χ1n) is 6.39. The fourth-order valence-electron chi connectivity index (χ4n) is 1.85. The molecule has 20 heavy (non-hydrogen) atoms. The standard InChI is InChI=1S/C13H17ClN4OS/c1-4-6-18-11(19)10(14)9(8-16-18)17-13(2,3)12-15-5-7-20-12/h5,7-8,17H,4,6H2,1-3H3. The number of hydrogen-bond acceptors (Lipinski definition) is 5. The number of nitrogens with zero attached hydrogens (tertiary/aromatic N) is 3. The molecule has 0 aliphatic carbocycles. The third kappa shape index (κ3) is 3.02. The van der Waals surface area contributed by atoms with Crippen molar-refractivity contribution in [2.24, 2.45) is 0 Å². The summed E-state index contributed by atoms with van der Waals surface area (Å²) < 4.78 is 1.38. The highest BCUT2D eigenvalue weighted by Crippen LogP contribution is 2.28. The van der Waals surface area contributed by atoms with Gasteiger partial charge in [0.25, 0.3) is 5.56 Å². The van der Waals surface area contributed by atoms with Gasteiger partial charge in [0.2, 0.25) is 0 Å². The van der Waals surface area contributed by atoms with E-state index < -0.39 is 5.54 Å². The first-order valence-corrected chi connectivity index (χ1v) is 7.65. The van der Waals surface area contributed by atoms with Gasteiger partial charge >= 0.3 is 0 Å². The van der Waals surface area contributed by atoms with Crippen LogP contribution in [0, 0.1) is 0 Å². The lowest BCUT2D eigenvalue weighted by Crippen LogP contribution is -2.31. The molecular formula is C13H17ClN4OS. The average molecular weight is 313 g/mol. The van der Waals surface area contributed by atoms with Gasteiger partial charge in [-0.3, -0.25) is 4.79 Å². The number of aromatic nitrogens is 3. The van der Waals surface area contributed by atoms with Gasteiger partial charge in [0, 0.05) is 18.1 Å². The molecule has 2 heterocycles. The van der Waals surface area contributed by atoms with E-state index in [0.717, 1.165) is 11.4 Å². The van der Waals surface area contributed by atoms with Crippen LogP contribution in [0.3, 0.4) is 0 Å². The van der Waals surface area contributed by atoms with E-state index >= 15 is 0 Å². The Morgan fingerprint density at radius 1 is 1.50 bits per heavy atom. The molecule has 5 nitrogen and oxygen atoms in total. The number of aryl methyl sites for hydroxylation is 1. The highest BCUT2D eigenvalue weighted by atomic mass is 35.5. The Balaban J connectivity index is 2.31. The second kappa shape index (κ2) is 5.93. The molecule has 0 saturated heterocycles. The van der Waals surface area contributed by atoms with Gasteiger partial charge in [-0.25, -0.2) is 9.67 Å². The zero-order chi connectivity index (χ0) is 14.8. The monoisotopic (exact) mass is 312 g/mol. The lowest BCUT2D eigenvalue weighted by Gasteiger charge is -2.25. The van der Waals surface area contributed by atoms with Crippen LogP contribution in [0.1, 0.15) is 32.2 Å². The maximum atomic E-state index is 12.1. The van der Waals surface area contributed by atoms with E-state index in [1.807, 2.05) is 26.2 Å². The van der Waals surface area contributed by atoms with Crippen LogP contribution in [-0.2, 0) is 12.1 Å². The molecule has 0 radical (unpaired) electrons. The normalized spacial score (nSPS) is 11.6. The summed E-state index contributed by atoms with van der Waals surface area (Å²) in [5, 5.41) is 10.4. The fourth-order valence-corrected chi connectivity index (χ4v) is 2.76.